The first-order valence-electron chi connectivity index (χ1n) is 6.65. The van der Waals surface area contributed by atoms with Gasteiger partial charge in [0.05, 0.1) is 0 Å². The van der Waals surface area contributed by atoms with Crippen LogP contribution in [0.15, 0.2) is 36.7 Å². The van der Waals surface area contributed by atoms with Crippen molar-refractivity contribution in [2.45, 2.75) is 13.0 Å². The van der Waals surface area contributed by atoms with Gasteiger partial charge in [0.15, 0.2) is 0 Å². The van der Waals surface area contributed by atoms with Gasteiger partial charge in [-0.3, -0.25) is 5.41 Å². The van der Waals surface area contributed by atoms with Gasteiger partial charge in [-0.25, -0.2) is 4.98 Å². The van der Waals surface area contributed by atoms with Crippen molar-refractivity contribution in [2.75, 3.05) is 20.6 Å². The molecule has 0 fully saturated rings. The SMILES string of the molecule is CN(C)CCc1nccn1Cc1ccccc1C(=N)N. The molecule has 0 bridgehead atoms. The minimum atomic E-state index is 0.107. The van der Waals surface area contributed by atoms with E-state index >= 15 is 0 Å². The maximum atomic E-state index is 7.64. The van der Waals surface area contributed by atoms with Gasteiger partial charge in [0, 0.05) is 37.5 Å². The Kier molecular flexibility index (Phi) is 4.53. The number of amidine groups is 1. The van der Waals surface area contributed by atoms with Crippen molar-refractivity contribution in [3.8, 4) is 0 Å². The normalized spacial score (nSPS) is 10.9. The van der Waals surface area contributed by atoms with E-state index in [1.165, 1.54) is 0 Å². The maximum Gasteiger partial charge on any atom is 0.123 e. The Labute approximate surface area is 119 Å². The van der Waals surface area contributed by atoms with Gasteiger partial charge >= 0.3 is 0 Å². The summed E-state index contributed by atoms with van der Waals surface area (Å²) >= 11 is 0. The molecule has 0 saturated carbocycles. The predicted molar refractivity (Wildman–Crippen MR) is 81.0 cm³/mol. The number of likely N-dealkylation sites (N-methyl/N-ethyl adjacent to an activating group) is 1. The van der Waals surface area contributed by atoms with Gasteiger partial charge in [-0.1, -0.05) is 24.3 Å². The number of rotatable bonds is 6. The largest absolute Gasteiger partial charge is 0.384 e. The third-order valence-electron chi connectivity index (χ3n) is 3.23. The van der Waals surface area contributed by atoms with Crippen LogP contribution in [0.2, 0.25) is 0 Å². The summed E-state index contributed by atoms with van der Waals surface area (Å²) in [6.07, 6.45) is 4.70. The number of nitrogen functional groups attached to an aromatic ring is 1. The molecule has 1 aromatic heterocycles. The Morgan fingerprint density at radius 3 is 2.80 bits per heavy atom. The zero-order chi connectivity index (χ0) is 14.5. The van der Waals surface area contributed by atoms with Crippen molar-refractivity contribution in [1.29, 1.82) is 5.41 Å². The van der Waals surface area contributed by atoms with Gasteiger partial charge in [-0.05, 0) is 19.7 Å². The molecule has 106 valence electrons. The summed E-state index contributed by atoms with van der Waals surface area (Å²) in [6.45, 7) is 1.66. The molecule has 1 heterocycles. The predicted octanol–water partition coefficient (Wildman–Crippen LogP) is 1.32. The van der Waals surface area contributed by atoms with E-state index in [2.05, 4.69) is 28.5 Å². The Hall–Kier alpha value is -2.14. The number of nitrogens with zero attached hydrogens (tertiary/aromatic N) is 3. The number of hydrogen-bond donors (Lipinski definition) is 2. The molecule has 0 unspecified atom stereocenters. The molecule has 5 nitrogen and oxygen atoms in total. The highest BCUT2D eigenvalue weighted by atomic mass is 15.1. The Morgan fingerprint density at radius 2 is 2.10 bits per heavy atom. The number of nitrogens with two attached hydrogens (primary N) is 1. The number of benzene rings is 1. The minimum Gasteiger partial charge on any atom is -0.384 e. The quantitative estimate of drug-likeness (QED) is 0.615. The molecule has 5 heteroatoms. The molecule has 0 aliphatic rings. The van der Waals surface area contributed by atoms with E-state index in [4.69, 9.17) is 11.1 Å². The first-order valence-corrected chi connectivity index (χ1v) is 6.65. The van der Waals surface area contributed by atoms with Crippen LogP contribution in [0.1, 0.15) is 17.0 Å². The standard InChI is InChI=1S/C15H21N5/c1-19(2)9-7-14-18-8-10-20(14)11-12-5-3-4-6-13(12)15(16)17/h3-6,8,10H,7,9,11H2,1-2H3,(H3,16,17). The van der Waals surface area contributed by atoms with Crippen LogP contribution in [0.25, 0.3) is 0 Å². The lowest BCUT2D eigenvalue weighted by Gasteiger charge is -2.13. The molecule has 0 radical (unpaired) electrons. The summed E-state index contributed by atoms with van der Waals surface area (Å²) in [6, 6.07) is 7.76. The highest BCUT2D eigenvalue weighted by Crippen LogP contribution is 2.11. The molecule has 3 N–H and O–H groups in total. The maximum absolute atomic E-state index is 7.64. The molecule has 0 aliphatic heterocycles. The van der Waals surface area contributed by atoms with E-state index in [-0.39, 0.29) is 5.84 Å². The Morgan fingerprint density at radius 1 is 1.35 bits per heavy atom. The zero-order valence-electron chi connectivity index (χ0n) is 12.0. The van der Waals surface area contributed by atoms with Crippen LogP contribution in [0.3, 0.4) is 0 Å². The molecule has 2 rings (SSSR count). The van der Waals surface area contributed by atoms with Crippen LogP contribution >= 0.6 is 0 Å². The van der Waals surface area contributed by atoms with Crippen molar-refractivity contribution in [3.63, 3.8) is 0 Å². The second kappa shape index (κ2) is 6.34. The second-order valence-corrected chi connectivity index (χ2v) is 5.10. The lowest BCUT2D eigenvalue weighted by Crippen LogP contribution is -2.19. The molecule has 2 aromatic rings. The highest BCUT2D eigenvalue weighted by molar-refractivity contribution is 5.96. The fourth-order valence-electron chi connectivity index (χ4n) is 2.14. The average molecular weight is 271 g/mol. The fourth-order valence-corrected chi connectivity index (χ4v) is 2.14. The number of aromatic nitrogens is 2. The Balaban J connectivity index is 2.19. The summed E-state index contributed by atoms with van der Waals surface area (Å²) in [4.78, 5) is 6.55. The summed E-state index contributed by atoms with van der Waals surface area (Å²) in [5.74, 6) is 1.16. The van der Waals surface area contributed by atoms with E-state index in [9.17, 15) is 0 Å². The smallest absolute Gasteiger partial charge is 0.123 e. The van der Waals surface area contributed by atoms with Crippen LogP contribution in [0, 0.1) is 5.41 Å². The van der Waals surface area contributed by atoms with E-state index in [1.54, 1.807) is 0 Å². The molecule has 1 aromatic carbocycles. The zero-order valence-corrected chi connectivity index (χ0v) is 12.0. The molecule has 0 aliphatic carbocycles. The van der Waals surface area contributed by atoms with Crippen molar-refractivity contribution in [1.82, 2.24) is 14.5 Å². The second-order valence-electron chi connectivity index (χ2n) is 5.10. The van der Waals surface area contributed by atoms with E-state index in [0.29, 0.717) is 6.54 Å². The Bertz CT molecular complexity index is 585. The summed E-state index contributed by atoms with van der Waals surface area (Å²) in [7, 11) is 4.11. The highest BCUT2D eigenvalue weighted by Gasteiger charge is 2.08. The first-order chi connectivity index (χ1) is 9.58. The van der Waals surface area contributed by atoms with Crippen molar-refractivity contribution >= 4 is 5.84 Å². The molecular formula is C15H21N5. The van der Waals surface area contributed by atoms with Gasteiger partial charge in [-0.15, -0.1) is 0 Å². The molecular weight excluding hydrogens is 250 g/mol. The van der Waals surface area contributed by atoms with Crippen LogP contribution in [-0.2, 0) is 13.0 Å². The third kappa shape index (κ3) is 3.45. The van der Waals surface area contributed by atoms with Crippen LogP contribution in [0.4, 0.5) is 0 Å². The fraction of sp³-hybridized carbons (Fsp3) is 0.333. The first kappa shape index (κ1) is 14.3. The molecule has 0 saturated heterocycles. The van der Waals surface area contributed by atoms with Crippen molar-refractivity contribution < 1.29 is 0 Å². The van der Waals surface area contributed by atoms with Crippen LogP contribution < -0.4 is 5.73 Å². The number of hydrogen-bond acceptors (Lipinski definition) is 3. The molecule has 0 spiro atoms. The lowest BCUT2D eigenvalue weighted by atomic mass is 10.1. The summed E-state index contributed by atoms with van der Waals surface area (Å²) in [5, 5.41) is 7.64. The molecule has 20 heavy (non-hydrogen) atoms. The van der Waals surface area contributed by atoms with Gasteiger partial charge in [-0.2, -0.15) is 0 Å². The van der Waals surface area contributed by atoms with E-state index in [1.807, 2.05) is 36.7 Å². The van der Waals surface area contributed by atoms with Crippen molar-refractivity contribution in [2.24, 2.45) is 5.73 Å². The van der Waals surface area contributed by atoms with Gasteiger partial charge < -0.3 is 15.2 Å². The van der Waals surface area contributed by atoms with E-state index < -0.39 is 0 Å². The molecule has 0 amide bonds. The summed E-state index contributed by atoms with van der Waals surface area (Å²) < 4.78 is 2.12. The minimum absolute atomic E-state index is 0.107. The number of nitrogens with one attached hydrogen (secondary N) is 1. The van der Waals surface area contributed by atoms with Gasteiger partial charge in [0.1, 0.15) is 11.7 Å². The van der Waals surface area contributed by atoms with Crippen molar-refractivity contribution in [3.05, 3.63) is 53.6 Å². The van der Waals surface area contributed by atoms with Gasteiger partial charge in [0.25, 0.3) is 0 Å². The van der Waals surface area contributed by atoms with Gasteiger partial charge in [0.2, 0.25) is 0 Å². The summed E-state index contributed by atoms with van der Waals surface area (Å²) in [5.41, 5.74) is 7.47. The third-order valence-corrected chi connectivity index (χ3v) is 3.23. The topological polar surface area (TPSA) is 70.9 Å². The van der Waals surface area contributed by atoms with Crippen LogP contribution in [0.5, 0.6) is 0 Å². The van der Waals surface area contributed by atoms with Crippen LogP contribution in [-0.4, -0.2) is 40.9 Å². The monoisotopic (exact) mass is 271 g/mol. The number of imidazole rings is 1. The molecule has 0 atom stereocenters. The van der Waals surface area contributed by atoms with E-state index in [0.717, 1.165) is 29.9 Å². The average Bonchev–Trinajstić information content (AvgIpc) is 2.84. The lowest BCUT2D eigenvalue weighted by molar-refractivity contribution is 0.406.